The van der Waals surface area contributed by atoms with Crippen LogP contribution in [-0.4, -0.2) is 10.9 Å². The zero-order chi connectivity index (χ0) is 16.6. The number of fused-ring (bicyclic) bond motifs is 1. The normalized spacial score (nSPS) is 11.8. The first kappa shape index (κ1) is 16.1. The minimum Gasteiger partial charge on any atom is -0.302 e. The van der Waals surface area contributed by atoms with Crippen molar-refractivity contribution in [3.05, 3.63) is 45.8 Å². The van der Waals surface area contributed by atoms with Crippen LogP contribution in [0, 0.1) is 6.92 Å². The maximum Gasteiger partial charge on any atom is 0.230 e. The van der Waals surface area contributed by atoms with Crippen LogP contribution in [0.2, 0.25) is 0 Å². The maximum absolute atomic E-state index is 12.4. The van der Waals surface area contributed by atoms with Crippen LogP contribution < -0.4 is 5.32 Å². The summed E-state index contributed by atoms with van der Waals surface area (Å²) in [6.07, 6.45) is 0.384. The van der Waals surface area contributed by atoms with Crippen molar-refractivity contribution in [3.8, 4) is 0 Å². The summed E-state index contributed by atoms with van der Waals surface area (Å²) in [4.78, 5) is 16.9. The Kier molecular flexibility index (Phi) is 4.25. The topological polar surface area (TPSA) is 42.0 Å². The SMILES string of the molecule is Cc1cccc2scc(CC(=O)Nc3nc(C(C)(C)C)cs3)c12. The zero-order valence-corrected chi connectivity index (χ0v) is 15.4. The lowest BCUT2D eigenvalue weighted by Gasteiger charge is -2.14. The fourth-order valence-corrected chi connectivity index (χ4v) is 4.48. The van der Waals surface area contributed by atoms with Gasteiger partial charge in [0.15, 0.2) is 5.13 Å². The van der Waals surface area contributed by atoms with E-state index in [9.17, 15) is 4.79 Å². The van der Waals surface area contributed by atoms with E-state index in [-0.39, 0.29) is 11.3 Å². The Morgan fingerprint density at radius 2 is 2.00 bits per heavy atom. The summed E-state index contributed by atoms with van der Waals surface area (Å²) in [5.74, 6) is -0.0113. The molecule has 3 nitrogen and oxygen atoms in total. The lowest BCUT2D eigenvalue weighted by Crippen LogP contribution is -2.15. The molecule has 0 aliphatic rings. The first-order valence-electron chi connectivity index (χ1n) is 7.56. The molecule has 0 unspecified atom stereocenters. The van der Waals surface area contributed by atoms with E-state index >= 15 is 0 Å². The number of aromatic nitrogens is 1. The van der Waals surface area contributed by atoms with Crippen LogP contribution in [0.25, 0.3) is 10.1 Å². The predicted octanol–water partition coefficient (Wildman–Crippen LogP) is 5.14. The number of benzene rings is 1. The van der Waals surface area contributed by atoms with Crippen LogP contribution in [0.5, 0.6) is 0 Å². The van der Waals surface area contributed by atoms with Gasteiger partial charge in [-0.2, -0.15) is 0 Å². The lowest BCUT2D eigenvalue weighted by molar-refractivity contribution is -0.115. The molecule has 5 heteroatoms. The smallest absolute Gasteiger partial charge is 0.230 e. The molecule has 0 fully saturated rings. The van der Waals surface area contributed by atoms with E-state index in [4.69, 9.17) is 0 Å². The number of hydrogen-bond donors (Lipinski definition) is 1. The molecule has 3 aromatic rings. The summed E-state index contributed by atoms with van der Waals surface area (Å²) < 4.78 is 1.23. The number of rotatable bonds is 3. The standard InChI is InChI=1S/C18H20N2OS2/c1-11-6-5-7-13-16(11)12(9-22-13)8-15(21)20-17-19-14(10-23-17)18(2,3)4/h5-7,9-10H,8H2,1-4H3,(H,19,20,21). The number of carbonyl (C=O) groups is 1. The molecule has 0 bridgehead atoms. The molecule has 1 aromatic carbocycles. The zero-order valence-electron chi connectivity index (χ0n) is 13.8. The number of hydrogen-bond acceptors (Lipinski definition) is 4. The Labute approximate surface area is 144 Å². The van der Waals surface area contributed by atoms with Crippen molar-refractivity contribution in [2.45, 2.75) is 39.5 Å². The second-order valence-electron chi connectivity index (χ2n) is 6.72. The summed E-state index contributed by atoms with van der Waals surface area (Å²) in [5.41, 5.74) is 3.32. The summed E-state index contributed by atoms with van der Waals surface area (Å²) in [5, 5.41) is 8.91. The van der Waals surface area contributed by atoms with Crippen LogP contribution in [0.4, 0.5) is 5.13 Å². The maximum atomic E-state index is 12.4. The molecule has 2 heterocycles. The Hall–Kier alpha value is -1.72. The van der Waals surface area contributed by atoms with Crippen molar-refractivity contribution in [2.75, 3.05) is 5.32 Å². The minimum absolute atomic E-state index is 0.000149. The van der Waals surface area contributed by atoms with Gasteiger partial charge in [-0.05, 0) is 34.9 Å². The second kappa shape index (κ2) is 6.06. The van der Waals surface area contributed by atoms with E-state index in [1.807, 2.05) is 5.38 Å². The summed E-state index contributed by atoms with van der Waals surface area (Å²) in [6.45, 7) is 8.45. The van der Waals surface area contributed by atoms with Crippen molar-refractivity contribution in [1.82, 2.24) is 4.98 Å². The van der Waals surface area contributed by atoms with E-state index in [2.05, 4.69) is 61.6 Å². The molecular weight excluding hydrogens is 324 g/mol. The van der Waals surface area contributed by atoms with Gasteiger partial charge in [0.25, 0.3) is 0 Å². The van der Waals surface area contributed by atoms with Crippen LogP contribution in [0.1, 0.15) is 37.6 Å². The average molecular weight is 345 g/mol. The minimum atomic E-state index is -0.0113. The molecule has 23 heavy (non-hydrogen) atoms. The number of amides is 1. The van der Waals surface area contributed by atoms with Gasteiger partial charge in [-0.1, -0.05) is 32.9 Å². The van der Waals surface area contributed by atoms with Gasteiger partial charge in [-0.25, -0.2) is 4.98 Å². The number of nitrogens with zero attached hydrogens (tertiary/aromatic N) is 1. The monoisotopic (exact) mass is 344 g/mol. The first-order valence-corrected chi connectivity index (χ1v) is 9.32. The van der Waals surface area contributed by atoms with Crippen LogP contribution in [-0.2, 0) is 16.6 Å². The molecule has 0 spiro atoms. The highest BCUT2D eigenvalue weighted by molar-refractivity contribution is 7.17. The van der Waals surface area contributed by atoms with Gasteiger partial charge in [0.2, 0.25) is 5.91 Å². The Balaban J connectivity index is 1.75. The molecule has 0 aliphatic heterocycles. The third-order valence-electron chi connectivity index (χ3n) is 3.75. The number of nitrogens with one attached hydrogen (secondary N) is 1. The van der Waals surface area contributed by atoms with E-state index in [1.165, 1.54) is 27.0 Å². The van der Waals surface area contributed by atoms with E-state index in [0.717, 1.165) is 11.3 Å². The van der Waals surface area contributed by atoms with E-state index < -0.39 is 0 Å². The predicted molar refractivity (Wildman–Crippen MR) is 99.7 cm³/mol. The van der Waals surface area contributed by atoms with Crippen molar-refractivity contribution < 1.29 is 4.79 Å². The van der Waals surface area contributed by atoms with Crippen molar-refractivity contribution in [3.63, 3.8) is 0 Å². The first-order chi connectivity index (χ1) is 10.8. The lowest BCUT2D eigenvalue weighted by atomic mass is 9.93. The van der Waals surface area contributed by atoms with Crippen LogP contribution in [0.3, 0.4) is 0 Å². The van der Waals surface area contributed by atoms with Gasteiger partial charge in [0, 0.05) is 15.5 Å². The quantitative estimate of drug-likeness (QED) is 0.714. The third kappa shape index (κ3) is 3.46. The highest BCUT2D eigenvalue weighted by Gasteiger charge is 2.18. The molecule has 0 aliphatic carbocycles. The van der Waals surface area contributed by atoms with Gasteiger partial charge in [-0.3, -0.25) is 4.79 Å². The molecule has 2 aromatic heterocycles. The van der Waals surface area contributed by atoms with E-state index in [0.29, 0.717) is 11.6 Å². The summed E-state index contributed by atoms with van der Waals surface area (Å²) in [6, 6.07) is 6.25. The fourth-order valence-electron chi connectivity index (χ4n) is 2.49. The number of anilines is 1. The average Bonchev–Trinajstić information content (AvgIpc) is 3.06. The highest BCUT2D eigenvalue weighted by atomic mass is 32.1. The number of thiophene rings is 1. The molecule has 0 saturated carbocycles. The van der Waals surface area contributed by atoms with Gasteiger partial charge < -0.3 is 5.32 Å². The third-order valence-corrected chi connectivity index (χ3v) is 5.51. The second-order valence-corrected chi connectivity index (χ2v) is 8.49. The largest absolute Gasteiger partial charge is 0.302 e. The van der Waals surface area contributed by atoms with Crippen molar-refractivity contribution >= 4 is 43.8 Å². The number of aryl methyl sites for hydroxylation is 1. The molecular formula is C18H20N2OS2. The molecule has 0 atom stereocenters. The van der Waals surface area contributed by atoms with Gasteiger partial charge >= 0.3 is 0 Å². The Morgan fingerprint density at radius 3 is 2.70 bits per heavy atom. The Bertz CT molecular complexity index is 855. The fraction of sp³-hybridized carbons (Fsp3) is 0.333. The molecule has 1 N–H and O–H groups in total. The molecule has 0 saturated heterocycles. The highest BCUT2D eigenvalue weighted by Crippen LogP contribution is 2.30. The van der Waals surface area contributed by atoms with Crippen LogP contribution in [0.15, 0.2) is 29.0 Å². The van der Waals surface area contributed by atoms with Gasteiger partial charge in [0.1, 0.15) is 0 Å². The van der Waals surface area contributed by atoms with Crippen molar-refractivity contribution in [2.24, 2.45) is 0 Å². The molecule has 1 amide bonds. The molecule has 0 radical (unpaired) electrons. The number of thiazole rings is 1. The molecule has 120 valence electrons. The molecule has 3 rings (SSSR count). The summed E-state index contributed by atoms with van der Waals surface area (Å²) >= 11 is 3.17. The van der Waals surface area contributed by atoms with Crippen LogP contribution >= 0.6 is 22.7 Å². The Morgan fingerprint density at radius 1 is 1.22 bits per heavy atom. The van der Waals surface area contributed by atoms with E-state index in [1.54, 1.807) is 11.3 Å². The number of carbonyl (C=O) groups excluding carboxylic acids is 1. The van der Waals surface area contributed by atoms with Gasteiger partial charge in [0.05, 0.1) is 12.1 Å². The summed E-state index contributed by atoms with van der Waals surface area (Å²) in [7, 11) is 0. The van der Waals surface area contributed by atoms with Crippen molar-refractivity contribution in [1.29, 1.82) is 0 Å². The van der Waals surface area contributed by atoms with Gasteiger partial charge in [-0.15, -0.1) is 22.7 Å².